The number of rotatable bonds is 4. The summed E-state index contributed by atoms with van der Waals surface area (Å²) in [4.78, 5) is 7.04. The van der Waals surface area contributed by atoms with Gasteiger partial charge in [-0.1, -0.05) is 13.0 Å². The van der Waals surface area contributed by atoms with E-state index in [4.69, 9.17) is 9.72 Å². The van der Waals surface area contributed by atoms with Crippen molar-refractivity contribution in [3.8, 4) is 0 Å². The number of anilines is 2. The van der Waals surface area contributed by atoms with Crippen molar-refractivity contribution in [2.45, 2.75) is 52.2 Å². The number of pyridine rings is 1. The third-order valence-electron chi connectivity index (χ3n) is 3.31. The average molecular weight is 277 g/mol. The fourth-order valence-electron chi connectivity index (χ4n) is 2.90. The summed E-state index contributed by atoms with van der Waals surface area (Å²) in [6, 6.07) is 6.17. The molecule has 0 atom stereocenters. The third-order valence-corrected chi connectivity index (χ3v) is 3.31. The highest BCUT2D eigenvalue weighted by Gasteiger charge is 2.38. The standard InChI is InChI=1S/C16H27N3O/c1-6-10-17-13-8-7-9-14(18-13)19-11-15(2,3)20-16(4,5)12-19/h7-9H,6,10-12H2,1-5H3,(H,17,18). The molecule has 1 saturated heterocycles. The number of morpholine rings is 1. The first-order valence-electron chi connectivity index (χ1n) is 7.47. The van der Waals surface area contributed by atoms with E-state index in [9.17, 15) is 0 Å². The maximum atomic E-state index is 6.12. The Morgan fingerprint density at radius 3 is 2.45 bits per heavy atom. The van der Waals surface area contributed by atoms with Crippen molar-refractivity contribution in [3.05, 3.63) is 18.2 Å². The first kappa shape index (κ1) is 15.1. The Hall–Kier alpha value is -1.29. The summed E-state index contributed by atoms with van der Waals surface area (Å²) < 4.78 is 6.12. The van der Waals surface area contributed by atoms with Gasteiger partial charge in [0.2, 0.25) is 0 Å². The topological polar surface area (TPSA) is 37.4 Å². The molecule has 0 aromatic carbocycles. The zero-order valence-corrected chi connectivity index (χ0v) is 13.4. The molecule has 0 unspecified atom stereocenters. The normalized spacial score (nSPS) is 20.8. The van der Waals surface area contributed by atoms with Crippen molar-refractivity contribution in [1.29, 1.82) is 0 Å². The summed E-state index contributed by atoms with van der Waals surface area (Å²) in [6.07, 6.45) is 1.10. The van der Waals surface area contributed by atoms with Crippen LogP contribution in [-0.4, -0.2) is 35.8 Å². The van der Waals surface area contributed by atoms with E-state index in [0.717, 1.165) is 37.7 Å². The molecule has 1 fully saturated rings. The van der Waals surface area contributed by atoms with Crippen LogP contribution in [0.4, 0.5) is 11.6 Å². The van der Waals surface area contributed by atoms with Gasteiger partial charge in [0.05, 0.1) is 11.2 Å². The van der Waals surface area contributed by atoms with Gasteiger partial charge in [0.1, 0.15) is 11.6 Å². The van der Waals surface area contributed by atoms with Crippen LogP contribution in [0.5, 0.6) is 0 Å². The largest absolute Gasteiger partial charge is 0.370 e. The predicted molar refractivity (Wildman–Crippen MR) is 84.5 cm³/mol. The quantitative estimate of drug-likeness (QED) is 0.916. The summed E-state index contributed by atoms with van der Waals surface area (Å²) in [6.45, 7) is 13.4. The van der Waals surface area contributed by atoms with Crippen LogP contribution < -0.4 is 10.2 Å². The van der Waals surface area contributed by atoms with E-state index >= 15 is 0 Å². The monoisotopic (exact) mass is 277 g/mol. The molecule has 2 heterocycles. The van der Waals surface area contributed by atoms with Crippen molar-refractivity contribution in [1.82, 2.24) is 4.98 Å². The van der Waals surface area contributed by atoms with Crippen LogP contribution in [-0.2, 0) is 4.74 Å². The van der Waals surface area contributed by atoms with Gasteiger partial charge >= 0.3 is 0 Å². The fraction of sp³-hybridized carbons (Fsp3) is 0.688. The lowest BCUT2D eigenvalue weighted by molar-refractivity contribution is -0.133. The molecule has 0 saturated carbocycles. The summed E-state index contributed by atoms with van der Waals surface area (Å²) in [5.74, 6) is 1.97. The van der Waals surface area contributed by atoms with Crippen molar-refractivity contribution in [2.75, 3.05) is 29.9 Å². The summed E-state index contributed by atoms with van der Waals surface area (Å²) in [7, 11) is 0. The van der Waals surface area contributed by atoms with Crippen LogP contribution in [0.15, 0.2) is 18.2 Å². The molecule has 4 nitrogen and oxygen atoms in total. The number of nitrogens with one attached hydrogen (secondary N) is 1. The van der Waals surface area contributed by atoms with Gasteiger partial charge in [-0.25, -0.2) is 4.98 Å². The molecule has 0 radical (unpaired) electrons. The lowest BCUT2D eigenvalue weighted by Gasteiger charge is -2.47. The van der Waals surface area contributed by atoms with Crippen LogP contribution in [0.1, 0.15) is 41.0 Å². The Morgan fingerprint density at radius 1 is 1.20 bits per heavy atom. The van der Waals surface area contributed by atoms with E-state index in [2.05, 4.69) is 57.0 Å². The Balaban J connectivity index is 2.18. The lowest BCUT2D eigenvalue weighted by atomic mass is 9.99. The SMILES string of the molecule is CCCNc1cccc(N2CC(C)(C)OC(C)(C)C2)n1. The second-order valence-corrected chi connectivity index (χ2v) is 6.79. The summed E-state index contributed by atoms with van der Waals surface area (Å²) in [5.41, 5.74) is -0.313. The van der Waals surface area contributed by atoms with Gasteiger partial charge in [0, 0.05) is 19.6 Å². The second kappa shape index (κ2) is 5.60. The number of aromatic nitrogens is 1. The molecular formula is C16H27N3O. The van der Waals surface area contributed by atoms with Gasteiger partial charge in [0.15, 0.2) is 0 Å². The Labute approximate surface area is 122 Å². The molecule has 0 spiro atoms. The van der Waals surface area contributed by atoms with Crippen LogP contribution in [0.2, 0.25) is 0 Å². The van der Waals surface area contributed by atoms with E-state index in [0.29, 0.717) is 0 Å². The van der Waals surface area contributed by atoms with Crippen LogP contribution in [0.25, 0.3) is 0 Å². The van der Waals surface area contributed by atoms with E-state index < -0.39 is 0 Å². The van der Waals surface area contributed by atoms with Gasteiger partial charge in [-0.05, 0) is 46.2 Å². The molecule has 1 aliphatic heterocycles. The minimum atomic E-state index is -0.156. The van der Waals surface area contributed by atoms with E-state index in [1.54, 1.807) is 0 Å². The number of nitrogens with zero attached hydrogens (tertiary/aromatic N) is 2. The van der Waals surface area contributed by atoms with E-state index in [1.807, 2.05) is 6.07 Å². The first-order chi connectivity index (χ1) is 9.31. The van der Waals surface area contributed by atoms with Crippen molar-refractivity contribution in [2.24, 2.45) is 0 Å². The average Bonchev–Trinajstić information content (AvgIpc) is 2.33. The number of ether oxygens (including phenoxy) is 1. The zero-order valence-electron chi connectivity index (χ0n) is 13.4. The maximum Gasteiger partial charge on any atom is 0.131 e. The Kier molecular flexibility index (Phi) is 4.23. The van der Waals surface area contributed by atoms with Gasteiger partial charge in [-0.15, -0.1) is 0 Å². The Morgan fingerprint density at radius 2 is 1.85 bits per heavy atom. The van der Waals surface area contributed by atoms with Gasteiger partial charge < -0.3 is 15.0 Å². The highest BCUT2D eigenvalue weighted by molar-refractivity contribution is 5.48. The third kappa shape index (κ3) is 3.85. The number of hydrogen-bond donors (Lipinski definition) is 1. The van der Waals surface area contributed by atoms with Gasteiger partial charge in [-0.3, -0.25) is 0 Å². The van der Waals surface area contributed by atoms with E-state index in [-0.39, 0.29) is 11.2 Å². The van der Waals surface area contributed by atoms with Crippen LogP contribution in [0.3, 0.4) is 0 Å². The molecule has 1 N–H and O–H groups in total. The molecule has 112 valence electrons. The fourth-order valence-corrected chi connectivity index (χ4v) is 2.90. The lowest BCUT2D eigenvalue weighted by Crippen LogP contribution is -2.57. The molecular weight excluding hydrogens is 250 g/mol. The van der Waals surface area contributed by atoms with E-state index in [1.165, 1.54) is 0 Å². The molecule has 1 aromatic heterocycles. The van der Waals surface area contributed by atoms with Gasteiger partial charge in [-0.2, -0.15) is 0 Å². The highest BCUT2D eigenvalue weighted by Crippen LogP contribution is 2.30. The molecule has 0 bridgehead atoms. The Bertz CT molecular complexity index is 441. The molecule has 0 amide bonds. The van der Waals surface area contributed by atoms with Crippen molar-refractivity contribution in [3.63, 3.8) is 0 Å². The number of hydrogen-bond acceptors (Lipinski definition) is 4. The minimum absolute atomic E-state index is 0.156. The predicted octanol–water partition coefficient (Wildman–Crippen LogP) is 3.30. The molecule has 0 aliphatic carbocycles. The highest BCUT2D eigenvalue weighted by atomic mass is 16.5. The summed E-state index contributed by atoms with van der Waals surface area (Å²) in [5, 5.41) is 3.35. The maximum absolute atomic E-state index is 6.12. The molecule has 4 heteroatoms. The second-order valence-electron chi connectivity index (χ2n) is 6.79. The minimum Gasteiger partial charge on any atom is -0.370 e. The molecule has 20 heavy (non-hydrogen) atoms. The van der Waals surface area contributed by atoms with Crippen molar-refractivity contribution >= 4 is 11.6 Å². The molecule has 2 rings (SSSR count). The van der Waals surface area contributed by atoms with Crippen molar-refractivity contribution < 1.29 is 4.74 Å². The summed E-state index contributed by atoms with van der Waals surface area (Å²) >= 11 is 0. The smallest absolute Gasteiger partial charge is 0.131 e. The zero-order chi connectivity index (χ0) is 14.8. The van der Waals surface area contributed by atoms with Crippen LogP contribution in [0, 0.1) is 0 Å². The molecule has 1 aliphatic rings. The molecule has 1 aromatic rings. The van der Waals surface area contributed by atoms with Gasteiger partial charge in [0.25, 0.3) is 0 Å². The first-order valence-corrected chi connectivity index (χ1v) is 7.47. The van der Waals surface area contributed by atoms with Crippen LogP contribution >= 0.6 is 0 Å².